The van der Waals surface area contributed by atoms with Crippen LogP contribution in [-0.4, -0.2) is 26.2 Å². The van der Waals surface area contributed by atoms with E-state index >= 15 is 0 Å². The summed E-state index contributed by atoms with van der Waals surface area (Å²) in [4.78, 5) is 27.9. The summed E-state index contributed by atoms with van der Waals surface area (Å²) in [5.41, 5.74) is 3.04. The number of halogens is 2. The van der Waals surface area contributed by atoms with Gasteiger partial charge in [-0.25, -0.2) is 9.18 Å². The lowest BCUT2D eigenvalue weighted by atomic mass is 9.99. The highest BCUT2D eigenvalue weighted by Crippen LogP contribution is 2.41. The Morgan fingerprint density at radius 1 is 1.24 bits per heavy atom. The fourth-order valence-electron chi connectivity index (χ4n) is 3.93. The second kappa shape index (κ2) is 9.35. The molecule has 1 unspecified atom stereocenters. The van der Waals surface area contributed by atoms with E-state index in [0.717, 1.165) is 28.4 Å². The van der Waals surface area contributed by atoms with Crippen LogP contribution < -0.4 is 10.9 Å². The maximum atomic E-state index is 13.7. The van der Waals surface area contributed by atoms with E-state index in [1.807, 2.05) is 6.07 Å². The molecule has 9 heteroatoms. The third-order valence-electron chi connectivity index (χ3n) is 5.73. The number of benzene rings is 2. The van der Waals surface area contributed by atoms with Crippen LogP contribution in [-0.2, 0) is 13.6 Å². The molecule has 1 atom stereocenters. The number of carboxylic acid groups (broad SMARTS) is 1. The third kappa shape index (κ3) is 5.42. The molecule has 7 nitrogen and oxygen atoms in total. The topological polar surface area (TPSA) is 88.6 Å². The summed E-state index contributed by atoms with van der Waals surface area (Å²) in [7, 11) is 1.72. The normalized spacial score (nSPS) is 14.8. The SMILES string of the molecule is Cc1cc(C(NC(=O)c2cc(Br)cc(Cn3ccn(C)/c3=N\C(=O)O)c2)C2CC2)ccc1F. The van der Waals surface area contributed by atoms with Crippen molar-refractivity contribution in [2.45, 2.75) is 32.4 Å². The average molecular weight is 515 g/mol. The first-order chi connectivity index (χ1) is 15.7. The molecule has 2 amide bonds. The van der Waals surface area contributed by atoms with E-state index in [9.17, 15) is 14.0 Å². The highest BCUT2D eigenvalue weighted by atomic mass is 79.9. The molecular weight excluding hydrogens is 491 g/mol. The summed E-state index contributed by atoms with van der Waals surface area (Å²) < 4.78 is 17.8. The van der Waals surface area contributed by atoms with E-state index < -0.39 is 6.09 Å². The Morgan fingerprint density at radius 3 is 2.67 bits per heavy atom. The lowest BCUT2D eigenvalue weighted by Gasteiger charge is -2.20. The van der Waals surface area contributed by atoms with E-state index in [-0.39, 0.29) is 23.4 Å². The van der Waals surface area contributed by atoms with E-state index in [2.05, 4.69) is 26.2 Å². The summed E-state index contributed by atoms with van der Waals surface area (Å²) in [5.74, 6) is -0.140. The fraction of sp³-hybridized carbons (Fsp3) is 0.292. The van der Waals surface area contributed by atoms with Crippen molar-refractivity contribution in [1.82, 2.24) is 14.5 Å². The van der Waals surface area contributed by atoms with Gasteiger partial charge < -0.3 is 19.6 Å². The molecule has 33 heavy (non-hydrogen) atoms. The maximum absolute atomic E-state index is 13.7. The second-order valence-corrected chi connectivity index (χ2v) is 9.29. The molecule has 1 aliphatic rings. The Labute approximate surface area is 198 Å². The molecule has 3 aromatic rings. The van der Waals surface area contributed by atoms with E-state index in [1.165, 1.54) is 6.07 Å². The second-order valence-electron chi connectivity index (χ2n) is 8.38. The Bertz CT molecular complexity index is 1290. The number of amides is 2. The number of hydrogen-bond donors (Lipinski definition) is 2. The number of hydrogen-bond acceptors (Lipinski definition) is 2. The zero-order chi connectivity index (χ0) is 23.7. The van der Waals surface area contributed by atoms with Crippen molar-refractivity contribution in [2.75, 3.05) is 0 Å². The summed E-state index contributed by atoms with van der Waals surface area (Å²) in [5, 5.41) is 12.2. The van der Waals surface area contributed by atoms with Gasteiger partial charge in [-0.3, -0.25) is 4.79 Å². The first-order valence-electron chi connectivity index (χ1n) is 10.6. The van der Waals surface area contributed by atoms with Crippen molar-refractivity contribution < 1.29 is 19.1 Å². The van der Waals surface area contributed by atoms with Gasteiger partial charge in [0.15, 0.2) is 0 Å². The number of nitrogens with zero attached hydrogens (tertiary/aromatic N) is 3. The molecular formula is C24H24BrFN4O3. The first kappa shape index (κ1) is 23.0. The zero-order valence-corrected chi connectivity index (χ0v) is 19.8. The quantitative estimate of drug-likeness (QED) is 0.505. The molecule has 4 rings (SSSR count). The number of carbonyl (C=O) groups is 2. The van der Waals surface area contributed by atoms with Crippen LogP contribution in [0.3, 0.4) is 0 Å². The number of aryl methyl sites for hydroxylation is 2. The van der Waals surface area contributed by atoms with Gasteiger partial charge in [0.2, 0.25) is 5.62 Å². The summed E-state index contributed by atoms with van der Waals surface area (Å²) >= 11 is 3.47. The van der Waals surface area contributed by atoms with Gasteiger partial charge in [-0.1, -0.05) is 28.1 Å². The Balaban J connectivity index is 1.59. The third-order valence-corrected chi connectivity index (χ3v) is 6.19. The van der Waals surface area contributed by atoms with E-state index in [0.29, 0.717) is 23.6 Å². The molecule has 0 aliphatic heterocycles. The van der Waals surface area contributed by atoms with E-state index in [1.54, 1.807) is 59.8 Å². The van der Waals surface area contributed by atoms with Crippen LogP contribution in [0.15, 0.2) is 58.3 Å². The minimum absolute atomic E-state index is 0.177. The van der Waals surface area contributed by atoms with Crippen molar-refractivity contribution >= 4 is 27.9 Å². The van der Waals surface area contributed by atoms with Crippen molar-refractivity contribution in [3.05, 3.63) is 87.0 Å². The maximum Gasteiger partial charge on any atom is 0.434 e. The molecule has 0 radical (unpaired) electrons. The molecule has 1 aliphatic carbocycles. The Kier molecular flexibility index (Phi) is 6.51. The minimum Gasteiger partial charge on any atom is -0.463 e. The molecule has 2 aromatic carbocycles. The van der Waals surface area contributed by atoms with Crippen LogP contribution in [0.4, 0.5) is 9.18 Å². The van der Waals surface area contributed by atoms with Gasteiger partial charge in [0.25, 0.3) is 5.91 Å². The molecule has 1 fully saturated rings. The lowest BCUT2D eigenvalue weighted by molar-refractivity contribution is 0.0931. The fourth-order valence-corrected chi connectivity index (χ4v) is 4.47. The smallest absolute Gasteiger partial charge is 0.434 e. The van der Waals surface area contributed by atoms with Crippen molar-refractivity contribution in [3.63, 3.8) is 0 Å². The highest BCUT2D eigenvalue weighted by Gasteiger charge is 2.34. The van der Waals surface area contributed by atoms with Crippen LogP contribution in [0.1, 0.15) is 45.9 Å². The molecule has 0 bridgehead atoms. The summed E-state index contributed by atoms with van der Waals surface area (Å²) in [6, 6.07) is 10.2. The number of aromatic nitrogens is 2. The van der Waals surface area contributed by atoms with Gasteiger partial charge in [0.05, 0.1) is 12.6 Å². The largest absolute Gasteiger partial charge is 0.463 e. The monoisotopic (exact) mass is 514 g/mol. The number of carbonyl (C=O) groups excluding carboxylic acids is 1. The van der Waals surface area contributed by atoms with Gasteiger partial charge in [0.1, 0.15) is 5.82 Å². The van der Waals surface area contributed by atoms with Gasteiger partial charge in [-0.15, -0.1) is 4.99 Å². The molecule has 0 spiro atoms. The molecule has 1 aromatic heterocycles. The predicted molar refractivity (Wildman–Crippen MR) is 124 cm³/mol. The van der Waals surface area contributed by atoms with Gasteiger partial charge in [-0.05, 0) is 66.6 Å². The number of rotatable bonds is 6. The molecule has 1 saturated carbocycles. The summed E-state index contributed by atoms with van der Waals surface area (Å²) in [6.07, 6.45) is 4.22. The average Bonchev–Trinajstić information content (AvgIpc) is 3.54. The Morgan fingerprint density at radius 2 is 2.00 bits per heavy atom. The van der Waals surface area contributed by atoms with Crippen LogP contribution >= 0.6 is 15.9 Å². The van der Waals surface area contributed by atoms with Crippen molar-refractivity contribution in [2.24, 2.45) is 18.0 Å². The summed E-state index contributed by atoms with van der Waals surface area (Å²) in [6.45, 7) is 2.06. The Hall–Kier alpha value is -3.20. The van der Waals surface area contributed by atoms with E-state index in [4.69, 9.17) is 5.11 Å². The van der Waals surface area contributed by atoms with Crippen LogP contribution in [0.5, 0.6) is 0 Å². The highest BCUT2D eigenvalue weighted by molar-refractivity contribution is 9.10. The minimum atomic E-state index is -1.28. The van der Waals surface area contributed by atoms with Crippen LogP contribution in [0, 0.1) is 18.7 Å². The molecule has 172 valence electrons. The number of imidazole rings is 1. The van der Waals surface area contributed by atoms with Gasteiger partial charge in [0, 0.05) is 29.5 Å². The van der Waals surface area contributed by atoms with Crippen LogP contribution in [0.2, 0.25) is 0 Å². The molecule has 1 heterocycles. The number of nitrogens with one attached hydrogen (secondary N) is 1. The van der Waals surface area contributed by atoms with Gasteiger partial charge in [-0.2, -0.15) is 0 Å². The van der Waals surface area contributed by atoms with Crippen molar-refractivity contribution in [3.8, 4) is 0 Å². The lowest BCUT2D eigenvalue weighted by Crippen LogP contribution is -2.30. The molecule has 0 saturated heterocycles. The first-order valence-corrected chi connectivity index (χ1v) is 11.4. The van der Waals surface area contributed by atoms with Crippen molar-refractivity contribution in [1.29, 1.82) is 0 Å². The zero-order valence-electron chi connectivity index (χ0n) is 18.3. The van der Waals surface area contributed by atoms with Gasteiger partial charge >= 0.3 is 6.09 Å². The van der Waals surface area contributed by atoms with Crippen LogP contribution in [0.25, 0.3) is 0 Å². The predicted octanol–water partition coefficient (Wildman–Crippen LogP) is 4.54. The standard InChI is InChI=1S/C24H24BrFN4O3/c1-14-9-17(5-6-20(14)26)21(16-3-4-16)27-22(31)18-10-15(11-19(25)12-18)13-30-8-7-29(2)23(30)28-24(32)33/h5-12,16,21H,3-4,13H2,1-2H3,(H,27,31)(H,32,33)/b28-23+. The molecule has 2 N–H and O–H groups in total.